The van der Waals surface area contributed by atoms with Gasteiger partial charge in [-0.2, -0.15) is 0 Å². The molecule has 0 heterocycles. The minimum absolute atomic E-state index is 0.0694. The van der Waals surface area contributed by atoms with Crippen molar-refractivity contribution >= 4 is 23.3 Å². The van der Waals surface area contributed by atoms with Crippen LogP contribution < -0.4 is 0 Å². The molecule has 1 N–H and O–H groups in total. The van der Waals surface area contributed by atoms with Crippen molar-refractivity contribution in [2.75, 3.05) is 14.2 Å². The van der Waals surface area contributed by atoms with Gasteiger partial charge >= 0.3 is 11.9 Å². The molecule has 0 amide bonds. The highest BCUT2D eigenvalue weighted by Gasteiger charge is 2.34. The van der Waals surface area contributed by atoms with E-state index in [1.165, 1.54) is 18.2 Å². The molecule has 0 aliphatic heterocycles. The molecule has 8 heteroatoms. The van der Waals surface area contributed by atoms with E-state index in [4.69, 9.17) is 5.41 Å². The fraction of sp³-hybridized carbons (Fsp3) is 0.250. The van der Waals surface area contributed by atoms with Crippen LogP contribution in [0.15, 0.2) is 24.3 Å². The fourth-order valence-corrected chi connectivity index (χ4v) is 1.52. The Kier molecular flexibility index (Phi) is 4.90. The number of methoxy groups -OCH3 is 2. The number of non-ortho nitro benzene ring substituents is 1. The van der Waals surface area contributed by atoms with Crippen molar-refractivity contribution in [1.29, 1.82) is 5.41 Å². The maximum absolute atomic E-state index is 11.5. The van der Waals surface area contributed by atoms with E-state index in [0.29, 0.717) is 0 Å². The van der Waals surface area contributed by atoms with E-state index in [-0.39, 0.29) is 11.3 Å². The number of benzene rings is 1. The summed E-state index contributed by atoms with van der Waals surface area (Å²) in [5.41, 5.74) is -0.604. The third-order valence-corrected chi connectivity index (χ3v) is 2.53. The van der Waals surface area contributed by atoms with Gasteiger partial charge < -0.3 is 14.9 Å². The molecule has 0 saturated heterocycles. The Morgan fingerprint density at radius 3 is 2.25 bits per heavy atom. The molecular formula is C12H12N2O6. The van der Waals surface area contributed by atoms with Gasteiger partial charge in [0.2, 0.25) is 0 Å². The van der Waals surface area contributed by atoms with E-state index in [2.05, 4.69) is 9.47 Å². The van der Waals surface area contributed by atoms with E-state index >= 15 is 0 Å². The number of hydrogen-bond donors (Lipinski definition) is 1. The van der Waals surface area contributed by atoms with Crippen LogP contribution in [0.2, 0.25) is 0 Å². The fourth-order valence-electron chi connectivity index (χ4n) is 1.52. The summed E-state index contributed by atoms with van der Waals surface area (Å²) >= 11 is 0. The first-order valence-corrected chi connectivity index (χ1v) is 5.41. The summed E-state index contributed by atoms with van der Waals surface area (Å²) in [6.07, 6.45) is 0. The Morgan fingerprint density at radius 2 is 1.80 bits per heavy atom. The Morgan fingerprint density at radius 1 is 1.25 bits per heavy atom. The van der Waals surface area contributed by atoms with E-state index in [1.807, 2.05) is 0 Å². The molecule has 1 aromatic carbocycles. The van der Waals surface area contributed by atoms with Crippen molar-refractivity contribution in [3.05, 3.63) is 39.9 Å². The van der Waals surface area contributed by atoms with Gasteiger partial charge in [-0.05, 0) is 0 Å². The number of hydrogen-bond acceptors (Lipinski definition) is 7. The smallest absolute Gasteiger partial charge is 0.326 e. The molecule has 0 aliphatic rings. The van der Waals surface area contributed by atoms with E-state index < -0.39 is 28.5 Å². The molecule has 1 rings (SSSR count). The largest absolute Gasteiger partial charge is 0.468 e. The topological polar surface area (TPSA) is 120 Å². The number of nitro groups is 1. The van der Waals surface area contributed by atoms with Crippen LogP contribution in [-0.2, 0) is 19.1 Å². The van der Waals surface area contributed by atoms with E-state index in [9.17, 15) is 19.7 Å². The predicted molar refractivity (Wildman–Crippen MR) is 67.4 cm³/mol. The average molecular weight is 280 g/mol. The number of nitro benzene ring substituents is 1. The summed E-state index contributed by atoms with van der Waals surface area (Å²) in [5.74, 6) is -3.51. The number of esters is 2. The second kappa shape index (κ2) is 6.41. The highest BCUT2D eigenvalue weighted by atomic mass is 16.6. The summed E-state index contributed by atoms with van der Waals surface area (Å²) in [4.78, 5) is 33.1. The van der Waals surface area contributed by atoms with Gasteiger partial charge in [-0.3, -0.25) is 19.7 Å². The van der Waals surface area contributed by atoms with Gasteiger partial charge in [0.25, 0.3) is 5.69 Å². The number of nitrogens with one attached hydrogen (secondary N) is 1. The second-order valence-corrected chi connectivity index (χ2v) is 3.70. The molecule has 0 atom stereocenters. The Hall–Kier alpha value is -2.77. The minimum atomic E-state index is -1.58. The summed E-state index contributed by atoms with van der Waals surface area (Å²) in [5, 5.41) is 18.5. The predicted octanol–water partition coefficient (Wildman–Crippen LogP) is 0.925. The first-order valence-electron chi connectivity index (χ1n) is 5.41. The third-order valence-electron chi connectivity index (χ3n) is 2.53. The normalized spacial score (nSPS) is 9.95. The highest BCUT2D eigenvalue weighted by molar-refractivity contribution is 6.21. The maximum Gasteiger partial charge on any atom is 0.326 e. The summed E-state index contributed by atoms with van der Waals surface area (Å²) in [7, 11) is 2.14. The van der Waals surface area contributed by atoms with Gasteiger partial charge in [-0.1, -0.05) is 12.1 Å². The van der Waals surface area contributed by atoms with E-state index in [1.54, 1.807) is 0 Å². The van der Waals surface area contributed by atoms with Crippen molar-refractivity contribution in [3.63, 3.8) is 0 Å². The molecule has 0 saturated carbocycles. The van der Waals surface area contributed by atoms with Crippen molar-refractivity contribution in [1.82, 2.24) is 0 Å². The molecule has 0 unspecified atom stereocenters. The SMILES string of the molecule is COC(=O)C(C(=N)c1cccc([N+](=O)[O-])c1)C(=O)OC. The zero-order valence-corrected chi connectivity index (χ0v) is 10.8. The lowest BCUT2D eigenvalue weighted by Gasteiger charge is -2.13. The molecule has 0 fully saturated rings. The molecule has 8 nitrogen and oxygen atoms in total. The number of ether oxygens (including phenoxy) is 2. The third kappa shape index (κ3) is 3.16. The van der Waals surface area contributed by atoms with Crippen molar-refractivity contribution in [2.45, 2.75) is 0 Å². The molecule has 0 aromatic heterocycles. The minimum Gasteiger partial charge on any atom is -0.468 e. The van der Waals surface area contributed by atoms with Gasteiger partial charge in [-0.25, -0.2) is 0 Å². The monoisotopic (exact) mass is 280 g/mol. The van der Waals surface area contributed by atoms with Crippen molar-refractivity contribution in [3.8, 4) is 0 Å². The number of carbonyl (C=O) groups is 2. The van der Waals surface area contributed by atoms with Gasteiger partial charge in [0.05, 0.1) is 24.9 Å². The standard InChI is InChI=1S/C12H12N2O6/c1-19-11(15)9(12(16)20-2)10(13)7-4-3-5-8(6-7)14(17)18/h3-6,9,13H,1-2H3. The van der Waals surface area contributed by atoms with Crippen molar-refractivity contribution < 1.29 is 24.0 Å². The Labute approximate surface area is 114 Å². The first kappa shape index (κ1) is 15.3. The molecule has 0 spiro atoms. The second-order valence-electron chi connectivity index (χ2n) is 3.70. The number of nitrogens with zero attached hydrogens (tertiary/aromatic N) is 1. The molecule has 106 valence electrons. The summed E-state index contributed by atoms with van der Waals surface area (Å²) < 4.78 is 8.88. The maximum atomic E-state index is 11.5. The molecule has 20 heavy (non-hydrogen) atoms. The van der Waals surface area contributed by atoms with Gasteiger partial charge in [0, 0.05) is 17.7 Å². The Bertz CT molecular complexity index is 553. The molecule has 1 aromatic rings. The van der Waals surface area contributed by atoms with Crippen LogP contribution in [0.25, 0.3) is 0 Å². The van der Waals surface area contributed by atoms with E-state index in [0.717, 1.165) is 20.3 Å². The lowest BCUT2D eigenvalue weighted by molar-refractivity contribution is -0.384. The van der Waals surface area contributed by atoms with Crippen LogP contribution in [0, 0.1) is 21.4 Å². The first-order chi connectivity index (χ1) is 9.42. The summed E-state index contributed by atoms with van der Waals surface area (Å²) in [6, 6.07) is 5.07. The zero-order chi connectivity index (χ0) is 15.3. The Balaban J connectivity index is 3.18. The lowest BCUT2D eigenvalue weighted by Crippen LogP contribution is -2.33. The van der Waals surface area contributed by atoms with Crippen LogP contribution in [0.3, 0.4) is 0 Å². The zero-order valence-electron chi connectivity index (χ0n) is 10.8. The average Bonchev–Trinajstić information content (AvgIpc) is 2.46. The quantitative estimate of drug-likeness (QED) is 0.281. The number of rotatable bonds is 5. The lowest BCUT2D eigenvalue weighted by atomic mass is 9.96. The van der Waals surface area contributed by atoms with Crippen LogP contribution in [0.5, 0.6) is 0 Å². The van der Waals surface area contributed by atoms with Crippen LogP contribution in [0.4, 0.5) is 5.69 Å². The van der Waals surface area contributed by atoms with Crippen LogP contribution in [-0.4, -0.2) is 36.8 Å². The van der Waals surface area contributed by atoms with Gasteiger partial charge in [0.15, 0.2) is 5.92 Å². The molecular weight excluding hydrogens is 268 g/mol. The molecule has 0 radical (unpaired) electrons. The summed E-state index contributed by atoms with van der Waals surface area (Å²) in [6.45, 7) is 0. The van der Waals surface area contributed by atoms with Gasteiger partial charge in [-0.15, -0.1) is 0 Å². The van der Waals surface area contributed by atoms with Crippen LogP contribution >= 0.6 is 0 Å². The molecule has 0 aliphatic carbocycles. The molecule has 0 bridgehead atoms. The highest BCUT2D eigenvalue weighted by Crippen LogP contribution is 2.18. The van der Waals surface area contributed by atoms with Crippen molar-refractivity contribution in [2.24, 2.45) is 5.92 Å². The number of carbonyl (C=O) groups excluding carboxylic acids is 2. The van der Waals surface area contributed by atoms with Gasteiger partial charge in [0.1, 0.15) is 0 Å². The van der Waals surface area contributed by atoms with Crippen LogP contribution in [0.1, 0.15) is 5.56 Å².